The number of carboxylic acids is 1. The average molecular weight is 326 g/mol. The average Bonchev–Trinajstić information content (AvgIpc) is 2.72. The SMILES string of the molecule is CCC1CCC(C)N1C1(CC(=O)O)CN(C(=O)OC(C)(C)C)C1. The molecular formula is C17H30N2O4. The Kier molecular flexibility index (Phi) is 4.95. The number of ether oxygens (including phenoxy) is 1. The van der Waals surface area contributed by atoms with E-state index in [4.69, 9.17) is 4.74 Å². The predicted molar refractivity (Wildman–Crippen MR) is 87.4 cm³/mol. The van der Waals surface area contributed by atoms with Gasteiger partial charge in [0.25, 0.3) is 0 Å². The van der Waals surface area contributed by atoms with Crippen molar-refractivity contribution in [1.29, 1.82) is 0 Å². The number of amides is 1. The van der Waals surface area contributed by atoms with E-state index < -0.39 is 17.1 Å². The van der Waals surface area contributed by atoms with Gasteiger partial charge in [-0.15, -0.1) is 0 Å². The minimum atomic E-state index is -0.803. The molecule has 0 aromatic carbocycles. The molecule has 2 aliphatic heterocycles. The first kappa shape index (κ1) is 18.0. The largest absolute Gasteiger partial charge is 0.481 e. The van der Waals surface area contributed by atoms with Crippen molar-refractivity contribution in [2.75, 3.05) is 13.1 Å². The zero-order valence-corrected chi connectivity index (χ0v) is 15.0. The summed E-state index contributed by atoms with van der Waals surface area (Å²) in [6.07, 6.45) is 2.93. The quantitative estimate of drug-likeness (QED) is 0.860. The van der Waals surface area contributed by atoms with E-state index in [0.717, 1.165) is 19.3 Å². The molecule has 1 N–H and O–H groups in total. The summed E-state index contributed by atoms with van der Waals surface area (Å²) in [6.45, 7) is 10.7. The van der Waals surface area contributed by atoms with Gasteiger partial charge in [-0.25, -0.2) is 4.79 Å². The lowest BCUT2D eigenvalue weighted by molar-refractivity contribution is -0.148. The second-order valence-electron chi connectivity index (χ2n) is 8.03. The third-order valence-corrected chi connectivity index (χ3v) is 4.91. The molecule has 0 radical (unpaired) electrons. The molecule has 1 amide bonds. The Labute approximate surface area is 138 Å². The van der Waals surface area contributed by atoms with E-state index in [0.29, 0.717) is 25.2 Å². The van der Waals surface area contributed by atoms with Gasteiger partial charge in [0.1, 0.15) is 5.60 Å². The van der Waals surface area contributed by atoms with Gasteiger partial charge in [-0.2, -0.15) is 0 Å². The number of likely N-dealkylation sites (tertiary alicyclic amines) is 2. The van der Waals surface area contributed by atoms with Crippen molar-refractivity contribution in [3.63, 3.8) is 0 Å². The van der Waals surface area contributed by atoms with Crippen LogP contribution in [0.3, 0.4) is 0 Å². The number of carbonyl (C=O) groups is 2. The number of rotatable bonds is 4. The maximum Gasteiger partial charge on any atom is 0.410 e. The Morgan fingerprint density at radius 1 is 1.26 bits per heavy atom. The van der Waals surface area contributed by atoms with Crippen molar-refractivity contribution in [2.45, 2.75) is 83.5 Å². The monoisotopic (exact) mass is 326 g/mol. The Hall–Kier alpha value is -1.30. The summed E-state index contributed by atoms with van der Waals surface area (Å²) in [4.78, 5) is 27.6. The van der Waals surface area contributed by atoms with Gasteiger partial charge in [-0.1, -0.05) is 6.92 Å². The molecule has 0 aromatic heterocycles. The lowest BCUT2D eigenvalue weighted by atomic mass is 9.83. The van der Waals surface area contributed by atoms with Crippen LogP contribution in [-0.2, 0) is 9.53 Å². The normalized spacial score (nSPS) is 27.6. The van der Waals surface area contributed by atoms with Crippen LogP contribution in [0.25, 0.3) is 0 Å². The maximum absolute atomic E-state index is 12.2. The molecule has 2 saturated heterocycles. The second kappa shape index (κ2) is 6.30. The van der Waals surface area contributed by atoms with Crippen LogP contribution in [-0.4, -0.2) is 63.3 Å². The summed E-state index contributed by atoms with van der Waals surface area (Å²) in [6, 6.07) is 0.769. The Balaban J connectivity index is 2.12. The number of carbonyl (C=O) groups excluding carboxylic acids is 1. The summed E-state index contributed by atoms with van der Waals surface area (Å²) in [5, 5.41) is 9.37. The molecule has 0 bridgehead atoms. The summed E-state index contributed by atoms with van der Waals surface area (Å²) < 4.78 is 5.40. The highest BCUT2D eigenvalue weighted by Crippen LogP contribution is 2.41. The fourth-order valence-electron chi connectivity index (χ4n) is 4.09. The molecule has 0 saturated carbocycles. The number of aliphatic carboxylic acids is 1. The molecule has 2 atom stereocenters. The van der Waals surface area contributed by atoms with Crippen LogP contribution in [0.1, 0.15) is 60.3 Å². The zero-order chi connectivity index (χ0) is 17.4. The van der Waals surface area contributed by atoms with Crippen molar-refractivity contribution in [3.05, 3.63) is 0 Å². The molecule has 0 aliphatic carbocycles. The van der Waals surface area contributed by atoms with E-state index in [1.54, 1.807) is 4.90 Å². The fraction of sp³-hybridized carbons (Fsp3) is 0.882. The molecule has 132 valence electrons. The maximum atomic E-state index is 12.2. The lowest BCUT2D eigenvalue weighted by Gasteiger charge is -2.57. The predicted octanol–water partition coefficient (Wildman–Crippen LogP) is 2.71. The summed E-state index contributed by atoms with van der Waals surface area (Å²) >= 11 is 0. The lowest BCUT2D eigenvalue weighted by Crippen LogP contribution is -2.73. The van der Waals surface area contributed by atoms with Crippen molar-refractivity contribution in [1.82, 2.24) is 9.80 Å². The first-order valence-corrected chi connectivity index (χ1v) is 8.56. The van der Waals surface area contributed by atoms with Crippen LogP contribution >= 0.6 is 0 Å². The smallest absolute Gasteiger partial charge is 0.410 e. The van der Waals surface area contributed by atoms with Crippen LogP contribution in [0, 0.1) is 0 Å². The van der Waals surface area contributed by atoms with E-state index >= 15 is 0 Å². The number of carboxylic acid groups (broad SMARTS) is 1. The standard InChI is InChI=1S/C17H30N2O4/c1-6-13-8-7-12(2)19(13)17(9-14(20)21)10-18(11-17)15(22)23-16(3,4)5/h12-13H,6-11H2,1-5H3,(H,20,21). The number of hydrogen-bond donors (Lipinski definition) is 1. The topological polar surface area (TPSA) is 70.1 Å². The first-order valence-electron chi connectivity index (χ1n) is 8.56. The van der Waals surface area contributed by atoms with Gasteiger partial charge in [-0.05, 0) is 47.0 Å². The van der Waals surface area contributed by atoms with E-state index in [-0.39, 0.29) is 12.5 Å². The number of nitrogens with zero attached hydrogens (tertiary/aromatic N) is 2. The molecule has 0 spiro atoms. The van der Waals surface area contributed by atoms with Crippen molar-refractivity contribution < 1.29 is 19.4 Å². The molecule has 6 nitrogen and oxygen atoms in total. The van der Waals surface area contributed by atoms with Gasteiger partial charge >= 0.3 is 12.1 Å². The minimum Gasteiger partial charge on any atom is -0.481 e. The molecule has 6 heteroatoms. The molecule has 23 heavy (non-hydrogen) atoms. The highest BCUT2D eigenvalue weighted by atomic mass is 16.6. The Morgan fingerprint density at radius 2 is 1.87 bits per heavy atom. The molecule has 2 fully saturated rings. The summed E-state index contributed by atoms with van der Waals surface area (Å²) in [5.41, 5.74) is -0.978. The van der Waals surface area contributed by atoms with Crippen molar-refractivity contribution >= 4 is 12.1 Å². The summed E-state index contributed by atoms with van der Waals surface area (Å²) in [7, 11) is 0. The van der Waals surface area contributed by atoms with Gasteiger partial charge in [0.15, 0.2) is 0 Å². The molecule has 0 aromatic rings. The van der Waals surface area contributed by atoms with Crippen LogP contribution in [0.5, 0.6) is 0 Å². The van der Waals surface area contributed by atoms with Gasteiger partial charge in [0, 0.05) is 25.2 Å². The Bertz CT molecular complexity index is 466. The van der Waals surface area contributed by atoms with Crippen LogP contribution in [0.4, 0.5) is 4.79 Å². The number of hydrogen-bond acceptors (Lipinski definition) is 4. The van der Waals surface area contributed by atoms with E-state index in [1.807, 2.05) is 20.8 Å². The van der Waals surface area contributed by atoms with Gasteiger partial charge < -0.3 is 14.7 Å². The van der Waals surface area contributed by atoms with Gasteiger partial charge in [0.2, 0.25) is 0 Å². The third kappa shape index (κ3) is 3.79. The molecule has 2 heterocycles. The van der Waals surface area contributed by atoms with Gasteiger partial charge in [0.05, 0.1) is 12.0 Å². The molecule has 2 rings (SSSR count). The second-order valence-corrected chi connectivity index (χ2v) is 8.03. The van der Waals surface area contributed by atoms with Gasteiger partial charge in [-0.3, -0.25) is 9.69 Å². The molecular weight excluding hydrogens is 296 g/mol. The van der Waals surface area contributed by atoms with Crippen LogP contribution < -0.4 is 0 Å². The highest BCUT2D eigenvalue weighted by Gasteiger charge is 2.55. The highest BCUT2D eigenvalue weighted by molar-refractivity contribution is 5.73. The van der Waals surface area contributed by atoms with E-state index in [9.17, 15) is 14.7 Å². The minimum absolute atomic E-state index is 0.0765. The fourth-order valence-corrected chi connectivity index (χ4v) is 4.09. The zero-order valence-electron chi connectivity index (χ0n) is 15.0. The van der Waals surface area contributed by atoms with Crippen LogP contribution in [0.2, 0.25) is 0 Å². The third-order valence-electron chi connectivity index (χ3n) is 4.91. The molecule has 2 unspecified atom stereocenters. The van der Waals surface area contributed by atoms with Crippen molar-refractivity contribution in [2.24, 2.45) is 0 Å². The molecule has 2 aliphatic rings. The first-order chi connectivity index (χ1) is 10.6. The Morgan fingerprint density at radius 3 is 2.35 bits per heavy atom. The van der Waals surface area contributed by atoms with Crippen LogP contribution in [0.15, 0.2) is 0 Å². The summed E-state index contributed by atoms with van der Waals surface area (Å²) in [5.74, 6) is -0.803. The van der Waals surface area contributed by atoms with E-state index in [1.165, 1.54) is 0 Å². The van der Waals surface area contributed by atoms with E-state index in [2.05, 4.69) is 18.7 Å². The van der Waals surface area contributed by atoms with Crippen molar-refractivity contribution in [3.8, 4) is 0 Å².